The maximum absolute atomic E-state index is 13.1. The minimum absolute atomic E-state index is 0.0485. The molecule has 1 atom stereocenters. The summed E-state index contributed by atoms with van der Waals surface area (Å²) >= 11 is 0. The van der Waals surface area contributed by atoms with E-state index >= 15 is 0 Å². The maximum atomic E-state index is 13.1. The third-order valence-corrected chi connectivity index (χ3v) is 4.33. The summed E-state index contributed by atoms with van der Waals surface area (Å²) in [6, 6.07) is 5.93. The molecule has 3 aromatic rings. The average molecular weight is 341 g/mol. The monoisotopic (exact) mass is 341 g/mol. The fourth-order valence-corrected chi connectivity index (χ4v) is 3.05. The molecule has 0 spiro atoms. The number of carbonyl (C=O) groups is 1. The Balaban J connectivity index is 1.54. The van der Waals surface area contributed by atoms with Crippen molar-refractivity contribution >= 4 is 5.91 Å². The van der Waals surface area contributed by atoms with Crippen LogP contribution in [-0.4, -0.2) is 43.6 Å². The van der Waals surface area contributed by atoms with E-state index in [0.717, 1.165) is 6.42 Å². The number of aryl methyl sites for hydroxylation is 1. The SMILES string of the molecule is Cc1noc([C@H]2CCN(C(=O)c3cncn3-c3ccc(F)cc3)C2)n1. The Kier molecular flexibility index (Phi) is 3.79. The molecule has 8 heteroatoms. The van der Waals surface area contributed by atoms with Crippen LogP contribution in [0.25, 0.3) is 5.69 Å². The number of halogens is 1. The van der Waals surface area contributed by atoms with Crippen molar-refractivity contribution in [1.29, 1.82) is 0 Å². The average Bonchev–Trinajstić information content (AvgIpc) is 3.35. The van der Waals surface area contributed by atoms with Crippen LogP contribution in [0.15, 0.2) is 41.3 Å². The first-order chi connectivity index (χ1) is 12.1. The molecule has 2 aromatic heterocycles. The lowest BCUT2D eigenvalue weighted by atomic mass is 10.1. The highest BCUT2D eigenvalue weighted by molar-refractivity contribution is 5.93. The second kappa shape index (κ2) is 6.12. The van der Waals surface area contributed by atoms with Crippen LogP contribution in [-0.2, 0) is 0 Å². The van der Waals surface area contributed by atoms with Crippen LogP contribution in [0.5, 0.6) is 0 Å². The number of amides is 1. The van der Waals surface area contributed by atoms with Crippen LogP contribution in [0.1, 0.15) is 34.5 Å². The zero-order valence-electron chi connectivity index (χ0n) is 13.6. The van der Waals surface area contributed by atoms with E-state index in [1.807, 2.05) is 0 Å². The van der Waals surface area contributed by atoms with Crippen molar-refractivity contribution in [3.63, 3.8) is 0 Å². The fourth-order valence-electron chi connectivity index (χ4n) is 3.05. The zero-order valence-corrected chi connectivity index (χ0v) is 13.6. The van der Waals surface area contributed by atoms with E-state index in [9.17, 15) is 9.18 Å². The van der Waals surface area contributed by atoms with Crippen LogP contribution < -0.4 is 0 Å². The van der Waals surface area contributed by atoms with Crippen molar-refractivity contribution in [2.24, 2.45) is 0 Å². The van der Waals surface area contributed by atoms with E-state index in [-0.39, 0.29) is 17.6 Å². The quantitative estimate of drug-likeness (QED) is 0.731. The van der Waals surface area contributed by atoms with Gasteiger partial charge in [-0.2, -0.15) is 4.98 Å². The predicted molar refractivity (Wildman–Crippen MR) is 85.8 cm³/mol. The first-order valence-corrected chi connectivity index (χ1v) is 7.99. The largest absolute Gasteiger partial charge is 0.339 e. The zero-order chi connectivity index (χ0) is 17.4. The van der Waals surface area contributed by atoms with Crippen molar-refractivity contribution in [2.45, 2.75) is 19.3 Å². The van der Waals surface area contributed by atoms with Gasteiger partial charge in [-0.3, -0.25) is 9.36 Å². The topological polar surface area (TPSA) is 77.0 Å². The van der Waals surface area contributed by atoms with Crippen molar-refractivity contribution in [3.05, 3.63) is 60.0 Å². The number of nitrogens with zero attached hydrogens (tertiary/aromatic N) is 5. The Morgan fingerprint density at radius 2 is 2.12 bits per heavy atom. The molecule has 1 aliphatic rings. The van der Waals surface area contributed by atoms with Gasteiger partial charge in [0.15, 0.2) is 5.82 Å². The Morgan fingerprint density at radius 3 is 2.84 bits per heavy atom. The number of likely N-dealkylation sites (tertiary alicyclic amines) is 1. The molecule has 0 saturated carbocycles. The fraction of sp³-hybridized carbons (Fsp3) is 0.294. The molecule has 1 saturated heterocycles. The minimum Gasteiger partial charge on any atom is -0.339 e. The number of aromatic nitrogens is 4. The summed E-state index contributed by atoms with van der Waals surface area (Å²) in [6.07, 6.45) is 3.85. The number of rotatable bonds is 3. The van der Waals surface area contributed by atoms with Gasteiger partial charge in [0.25, 0.3) is 5.91 Å². The molecule has 0 unspecified atom stereocenters. The van der Waals surface area contributed by atoms with Crippen molar-refractivity contribution in [1.82, 2.24) is 24.6 Å². The molecule has 0 radical (unpaired) electrons. The van der Waals surface area contributed by atoms with Gasteiger partial charge in [0.2, 0.25) is 5.89 Å². The van der Waals surface area contributed by atoms with Gasteiger partial charge < -0.3 is 9.42 Å². The number of hydrogen-bond donors (Lipinski definition) is 0. The molecule has 25 heavy (non-hydrogen) atoms. The molecular formula is C17H16FN5O2. The lowest BCUT2D eigenvalue weighted by Crippen LogP contribution is -2.30. The first kappa shape index (κ1) is 15.5. The number of benzene rings is 1. The van der Waals surface area contributed by atoms with E-state index in [1.165, 1.54) is 18.3 Å². The summed E-state index contributed by atoms with van der Waals surface area (Å²) in [5.41, 5.74) is 1.12. The molecule has 3 heterocycles. The van der Waals surface area contributed by atoms with E-state index in [4.69, 9.17) is 4.52 Å². The maximum Gasteiger partial charge on any atom is 0.272 e. The second-order valence-corrected chi connectivity index (χ2v) is 6.04. The molecule has 0 bridgehead atoms. The van der Waals surface area contributed by atoms with E-state index in [1.54, 1.807) is 34.9 Å². The van der Waals surface area contributed by atoms with Gasteiger partial charge >= 0.3 is 0 Å². The Morgan fingerprint density at radius 1 is 1.32 bits per heavy atom. The van der Waals surface area contributed by atoms with Gasteiger partial charge in [0.05, 0.1) is 18.4 Å². The van der Waals surface area contributed by atoms with Crippen LogP contribution in [0.4, 0.5) is 4.39 Å². The van der Waals surface area contributed by atoms with E-state index in [2.05, 4.69) is 15.1 Å². The summed E-state index contributed by atoms with van der Waals surface area (Å²) < 4.78 is 20.0. The normalized spacial score (nSPS) is 17.2. The van der Waals surface area contributed by atoms with E-state index < -0.39 is 0 Å². The van der Waals surface area contributed by atoms with E-state index in [0.29, 0.717) is 36.2 Å². The Bertz CT molecular complexity index is 902. The summed E-state index contributed by atoms with van der Waals surface area (Å²) in [7, 11) is 0. The third-order valence-electron chi connectivity index (χ3n) is 4.33. The van der Waals surface area contributed by atoms with Gasteiger partial charge in [0, 0.05) is 18.8 Å². The highest BCUT2D eigenvalue weighted by Gasteiger charge is 2.32. The van der Waals surface area contributed by atoms with Crippen LogP contribution >= 0.6 is 0 Å². The van der Waals surface area contributed by atoms with Crippen molar-refractivity contribution in [3.8, 4) is 5.69 Å². The Hall–Kier alpha value is -3.03. The Labute approximate surface area is 143 Å². The lowest BCUT2D eigenvalue weighted by Gasteiger charge is -2.17. The third kappa shape index (κ3) is 2.90. The lowest BCUT2D eigenvalue weighted by molar-refractivity contribution is 0.0781. The number of carbonyl (C=O) groups excluding carboxylic acids is 1. The van der Waals surface area contributed by atoms with Gasteiger partial charge in [-0.1, -0.05) is 5.16 Å². The predicted octanol–water partition coefficient (Wildman–Crippen LogP) is 2.33. The first-order valence-electron chi connectivity index (χ1n) is 7.99. The van der Waals surface area contributed by atoms with Gasteiger partial charge in [-0.15, -0.1) is 0 Å². The second-order valence-electron chi connectivity index (χ2n) is 6.04. The molecule has 1 amide bonds. The highest BCUT2D eigenvalue weighted by atomic mass is 19.1. The van der Waals surface area contributed by atoms with Gasteiger partial charge in [0.1, 0.15) is 11.5 Å². The van der Waals surface area contributed by atoms with Gasteiger partial charge in [-0.05, 0) is 37.6 Å². The minimum atomic E-state index is -0.325. The molecule has 7 nitrogen and oxygen atoms in total. The van der Waals surface area contributed by atoms with Crippen molar-refractivity contribution in [2.75, 3.05) is 13.1 Å². The molecule has 0 N–H and O–H groups in total. The molecular weight excluding hydrogens is 325 g/mol. The summed E-state index contributed by atoms with van der Waals surface area (Å²) in [5.74, 6) is 0.760. The number of imidazole rings is 1. The molecule has 1 fully saturated rings. The summed E-state index contributed by atoms with van der Waals surface area (Å²) in [4.78, 5) is 23.0. The highest BCUT2D eigenvalue weighted by Crippen LogP contribution is 2.27. The molecule has 1 aliphatic heterocycles. The van der Waals surface area contributed by atoms with Crippen LogP contribution in [0, 0.1) is 12.7 Å². The molecule has 0 aliphatic carbocycles. The summed E-state index contributed by atoms with van der Waals surface area (Å²) in [5, 5.41) is 3.81. The summed E-state index contributed by atoms with van der Waals surface area (Å²) in [6.45, 7) is 2.90. The van der Waals surface area contributed by atoms with Crippen LogP contribution in [0.3, 0.4) is 0 Å². The molecule has 1 aromatic carbocycles. The van der Waals surface area contributed by atoms with Crippen LogP contribution in [0.2, 0.25) is 0 Å². The van der Waals surface area contributed by atoms with Gasteiger partial charge in [-0.25, -0.2) is 9.37 Å². The molecule has 4 rings (SSSR count). The van der Waals surface area contributed by atoms with Crippen molar-refractivity contribution < 1.29 is 13.7 Å². The number of hydrogen-bond acceptors (Lipinski definition) is 5. The molecule has 128 valence electrons. The smallest absolute Gasteiger partial charge is 0.272 e. The standard InChI is InChI=1S/C17H16FN5O2/c1-11-20-16(25-21-11)12-6-7-22(9-12)17(24)15-8-19-10-23(15)14-4-2-13(18)3-5-14/h2-5,8,10,12H,6-7,9H2,1H3/t12-/m0/s1.